The number of H-pyrrole nitrogens is 1. The van der Waals surface area contributed by atoms with Gasteiger partial charge in [0.15, 0.2) is 0 Å². The van der Waals surface area contributed by atoms with Gasteiger partial charge in [-0.25, -0.2) is 4.98 Å². The van der Waals surface area contributed by atoms with Gasteiger partial charge in [-0.15, -0.1) is 0 Å². The Morgan fingerprint density at radius 3 is 2.48 bits per heavy atom. The molecule has 0 amide bonds. The van der Waals surface area contributed by atoms with Crippen LogP contribution in [0.1, 0.15) is 30.7 Å². The Morgan fingerprint density at radius 1 is 0.960 bits per heavy atom. The highest BCUT2D eigenvalue weighted by Crippen LogP contribution is 2.32. The van der Waals surface area contributed by atoms with E-state index in [1.807, 2.05) is 12.4 Å². The molecule has 2 fully saturated rings. The zero-order valence-electron chi connectivity index (χ0n) is 15.1. The van der Waals surface area contributed by atoms with Gasteiger partial charge in [0.25, 0.3) is 0 Å². The predicted molar refractivity (Wildman–Crippen MR) is 101 cm³/mol. The lowest BCUT2D eigenvalue weighted by Gasteiger charge is -2.35. The molecule has 0 aliphatic carbocycles. The molecule has 1 unspecified atom stereocenters. The van der Waals surface area contributed by atoms with Crippen LogP contribution in [0.2, 0.25) is 0 Å². The van der Waals surface area contributed by atoms with Crippen LogP contribution in [0.3, 0.4) is 0 Å². The molecule has 2 aliphatic heterocycles. The molecule has 0 spiro atoms. The molecule has 4 heteroatoms. The largest absolute Gasteiger partial charge is 0.348 e. The normalized spacial score (nSPS) is 23.3. The third kappa shape index (κ3) is 4.50. The zero-order valence-corrected chi connectivity index (χ0v) is 15.1. The van der Waals surface area contributed by atoms with Gasteiger partial charge in [0.1, 0.15) is 5.82 Å². The number of hydrogen-bond acceptors (Lipinski definition) is 3. The van der Waals surface area contributed by atoms with E-state index in [0.717, 1.165) is 24.2 Å². The van der Waals surface area contributed by atoms with Crippen molar-refractivity contribution in [1.29, 1.82) is 0 Å². The number of nitrogens with one attached hydrogen (secondary N) is 1. The summed E-state index contributed by atoms with van der Waals surface area (Å²) in [6.07, 6.45) is 9.10. The van der Waals surface area contributed by atoms with Gasteiger partial charge in [0.2, 0.25) is 0 Å². The molecule has 4 nitrogen and oxygen atoms in total. The van der Waals surface area contributed by atoms with Crippen molar-refractivity contribution in [2.45, 2.75) is 32.2 Å². The Hall–Kier alpha value is -1.65. The summed E-state index contributed by atoms with van der Waals surface area (Å²) in [7, 11) is 0. The molecule has 3 heterocycles. The molecule has 2 aromatic rings. The van der Waals surface area contributed by atoms with E-state index in [1.165, 1.54) is 64.0 Å². The molecule has 2 aliphatic rings. The van der Waals surface area contributed by atoms with Crippen LogP contribution in [-0.4, -0.2) is 52.5 Å². The minimum Gasteiger partial charge on any atom is -0.348 e. The maximum atomic E-state index is 4.37. The smallest absolute Gasteiger partial charge is 0.120 e. The Bertz CT molecular complexity index is 617. The second kappa shape index (κ2) is 8.15. The van der Waals surface area contributed by atoms with E-state index < -0.39 is 0 Å². The highest BCUT2D eigenvalue weighted by atomic mass is 15.2. The van der Waals surface area contributed by atoms with Crippen LogP contribution < -0.4 is 0 Å². The lowest BCUT2D eigenvalue weighted by molar-refractivity contribution is 0.147. The SMILES string of the molecule is c1ccc(CCN2CCC(C3CCN(Cc4ncc[nH]4)C3)CC2)cc1. The second-order valence-corrected chi connectivity index (χ2v) is 7.73. The number of imidazole rings is 1. The Morgan fingerprint density at radius 2 is 1.72 bits per heavy atom. The highest BCUT2D eigenvalue weighted by Gasteiger charge is 2.31. The number of likely N-dealkylation sites (tertiary alicyclic amines) is 2. The molecular formula is C21H30N4. The number of hydrogen-bond donors (Lipinski definition) is 1. The van der Waals surface area contributed by atoms with E-state index in [4.69, 9.17) is 0 Å². The van der Waals surface area contributed by atoms with Crippen molar-refractivity contribution < 1.29 is 0 Å². The summed E-state index contributed by atoms with van der Waals surface area (Å²) in [4.78, 5) is 12.8. The Labute approximate surface area is 151 Å². The molecule has 1 atom stereocenters. The van der Waals surface area contributed by atoms with Gasteiger partial charge in [0, 0.05) is 25.5 Å². The zero-order chi connectivity index (χ0) is 16.9. The Balaban J connectivity index is 1.19. The first-order chi connectivity index (χ1) is 12.4. The fourth-order valence-electron chi connectivity index (χ4n) is 4.57. The van der Waals surface area contributed by atoms with Gasteiger partial charge in [-0.1, -0.05) is 30.3 Å². The summed E-state index contributed by atoms with van der Waals surface area (Å²) in [6, 6.07) is 10.9. The first kappa shape index (κ1) is 16.8. The van der Waals surface area contributed by atoms with Crippen molar-refractivity contribution in [3.8, 4) is 0 Å². The van der Waals surface area contributed by atoms with Gasteiger partial charge in [-0.05, 0) is 62.7 Å². The van der Waals surface area contributed by atoms with Crippen molar-refractivity contribution >= 4 is 0 Å². The molecule has 134 valence electrons. The monoisotopic (exact) mass is 338 g/mol. The Kier molecular flexibility index (Phi) is 5.48. The predicted octanol–water partition coefficient (Wildman–Crippen LogP) is 3.19. The molecular weight excluding hydrogens is 308 g/mol. The summed E-state index contributed by atoms with van der Waals surface area (Å²) in [5.74, 6) is 2.93. The summed E-state index contributed by atoms with van der Waals surface area (Å²) in [6.45, 7) is 7.26. The van der Waals surface area contributed by atoms with Crippen LogP contribution in [0.5, 0.6) is 0 Å². The maximum Gasteiger partial charge on any atom is 0.120 e. The standard InChI is InChI=1S/C21H30N4/c1-2-4-18(5-3-1)6-12-24-13-7-19(8-14-24)20-9-15-25(16-20)17-21-22-10-11-23-21/h1-5,10-11,19-20H,6-9,12-17H2,(H,22,23). The van der Waals surface area contributed by atoms with Crippen molar-refractivity contribution in [3.05, 3.63) is 54.1 Å². The molecule has 1 aromatic heterocycles. The highest BCUT2D eigenvalue weighted by molar-refractivity contribution is 5.14. The van der Waals surface area contributed by atoms with E-state index in [1.54, 1.807) is 0 Å². The summed E-state index contributed by atoms with van der Waals surface area (Å²) in [5, 5.41) is 0. The minimum absolute atomic E-state index is 0.895. The van der Waals surface area contributed by atoms with E-state index in [-0.39, 0.29) is 0 Å². The van der Waals surface area contributed by atoms with Crippen LogP contribution in [0.4, 0.5) is 0 Å². The van der Waals surface area contributed by atoms with E-state index in [2.05, 4.69) is 50.1 Å². The maximum absolute atomic E-state index is 4.37. The lowest BCUT2D eigenvalue weighted by atomic mass is 9.83. The van der Waals surface area contributed by atoms with Gasteiger partial charge in [-0.3, -0.25) is 4.90 Å². The van der Waals surface area contributed by atoms with Crippen molar-refractivity contribution in [2.75, 3.05) is 32.7 Å². The number of benzene rings is 1. The van der Waals surface area contributed by atoms with Crippen molar-refractivity contribution in [3.63, 3.8) is 0 Å². The van der Waals surface area contributed by atoms with Gasteiger partial charge in [-0.2, -0.15) is 0 Å². The van der Waals surface area contributed by atoms with Gasteiger partial charge < -0.3 is 9.88 Å². The number of aromatic amines is 1. The second-order valence-electron chi connectivity index (χ2n) is 7.73. The van der Waals surface area contributed by atoms with Gasteiger partial charge >= 0.3 is 0 Å². The lowest BCUT2D eigenvalue weighted by Crippen LogP contribution is -2.37. The fraction of sp³-hybridized carbons (Fsp3) is 0.571. The van der Waals surface area contributed by atoms with Crippen LogP contribution in [-0.2, 0) is 13.0 Å². The first-order valence-electron chi connectivity index (χ1n) is 9.84. The van der Waals surface area contributed by atoms with Gasteiger partial charge in [0.05, 0.1) is 6.54 Å². The first-order valence-corrected chi connectivity index (χ1v) is 9.84. The summed E-state index contributed by atoms with van der Waals surface area (Å²) in [5.41, 5.74) is 1.47. The van der Waals surface area contributed by atoms with Crippen LogP contribution >= 0.6 is 0 Å². The number of nitrogens with zero attached hydrogens (tertiary/aromatic N) is 3. The summed E-state index contributed by atoms with van der Waals surface area (Å²) < 4.78 is 0. The van der Waals surface area contributed by atoms with Crippen molar-refractivity contribution in [1.82, 2.24) is 19.8 Å². The molecule has 1 N–H and O–H groups in total. The van der Waals surface area contributed by atoms with Crippen LogP contribution in [0.25, 0.3) is 0 Å². The fourth-order valence-corrected chi connectivity index (χ4v) is 4.57. The average molecular weight is 338 g/mol. The molecule has 4 rings (SSSR count). The summed E-state index contributed by atoms with van der Waals surface area (Å²) >= 11 is 0. The number of aromatic nitrogens is 2. The molecule has 0 bridgehead atoms. The van der Waals surface area contributed by atoms with Crippen LogP contribution in [0.15, 0.2) is 42.7 Å². The third-order valence-corrected chi connectivity index (χ3v) is 6.10. The molecule has 1 aromatic carbocycles. The minimum atomic E-state index is 0.895. The molecule has 0 saturated carbocycles. The quantitative estimate of drug-likeness (QED) is 0.878. The third-order valence-electron chi connectivity index (χ3n) is 6.10. The van der Waals surface area contributed by atoms with Crippen molar-refractivity contribution in [2.24, 2.45) is 11.8 Å². The topological polar surface area (TPSA) is 35.2 Å². The van der Waals surface area contributed by atoms with E-state index in [0.29, 0.717) is 0 Å². The number of piperidine rings is 1. The average Bonchev–Trinajstić information content (AvgIpc) is 3.34. The molecule has 0 radical (unpaired) electrons. The van der Waals surface area contributed by atoms with E-state index >= 15 is 0 Å². The molecule has 2 saturated heterocycles. The van der Waals surface area contributed by atoms with E-state index in [9.17, 15) is 0 Å². The van der Waals surface area contributed by atoms with Crippen LogP contribution in [0, 0.1) is 11.8 Å². The number of rotatable bonds is 6. The molecule has 25 heavy (non-hydrogen) atoms.